The molecule has 1 unspecified atom stereocenters. The van der Waals surface area contributed by atoms with Crippen LogP contribution in [0, 0.1) is 12.7 Å². The second kappa shape index (κ2) is 7.96. The van der Waals surface area contributed by atoms with E-state index in [4.69, 9.17) is 4.52 Å². The molecule has 3 aromatic rings. The molecule has 0 saturated heterocycles. The van der Waals surface area contributed by atoms with Gasteiger partial charge in [-0.15, -0.1) is 5.10 Å². The fourth-order valence-corrected chi connectivity index (χ4v) is 2.73. The molecule has 0 radical (unpaired) electrons. The van der Waals surface area contributed by atoms with Gasteiger partial charge in [-0.25, -0.2) is 9.37 Å². The summed E-state index contributed by atoms with van der Waals surface area (Å²) in [5, 5.41) is 13.3. The van der Waals surface area contributed by atoms with E-state index in [1.165, 1.54) is 23.9 Å². The standard InChI is InChI=1S/C17H16FN5O2S/c1-10-9-15(23-25-10)19-16(24)11(2)26-17-20-14(21-22-17)8-5-12-3-6-13(18)7-4-12/h3-9,11H,1-2H3,(H,19,23,24)(H,20,21,22). The molecule has 1 atom stereocenters. The number of H-pyrrole nitrogens is 1. The van der Waals surface area contributed by atoms with Crippen LogP contribution in [0.5, 0.6) is 0 Å². The SMILES string of the molecule is Cc1cc(NC(=O)C(C)Sc2n[nH]c(C=Cc3ccc(F)cc3)n2)no1. The summed E-state index contributed by atoms with van der Waals surface area (Å²) in [6.45, 7) is 3.49. The molecule has 1 amide bonds. The van der Waals surface area contributed by atoms with E-state index in [1.807, 2.05) is 0 Å². The topological polar surface area (TPSA) is 96.7 Å². The number of nitrogens with one attached hydrogen (secondary N) is 2. The lowest BCUT2D eigenvalue weighted by atomic mass is 10.2. The first-order valence-electron chi connectivity index (χ1n) is 7.76. The molecule has 0 aliphatic heterocycles. The molecule has 2 N–H and O–H groups in total. The first kappa shape index (κ1) is 17.9. The van der Waals surface area contributed by atoms with E-state index in [1.54, 1.807) is 44.2 Å². The van der Waals surface area contributed by atoms with Crippen molar-refractivity contribution in [2.75, 3.05) is 5.32 Å². The summed E-state index contributed by atoms with van der Waals surface area (Å²) in [7, 11) is 0. The van der Waals surface area contributed by atoms with Crippen molar-refractivity contribution in [3.63, 3.8) is 0 Å². The van der Waals surface area contributed by atoms with E-state index < -0.39 is 5.25 Å². The maximum absolute atomic E-state index is 12.9. The average Bonchev–Trinajstić information content (AvgIpc) is 3.23. The van der Waals surface area contributed by atoms with Gasteiger partial charge in [-0.05, 0) is 37.6 Å². The highest BCUT2D eigenvalue weighted by Gasteiger charge is 2.18. The molecule has 134 valence electrons. The zero-order valence-corrected chi connectivity index (χ0v) is 14.9. The first-order valence-corrected chi connectivity index (χ1v) is 8.64. The number of amides is 1. The summed E-state index contributed by atoms with van der Waals surface area (Å²) in [6, 6.07) is 7.74. The summed E-state index contributed by atoms with van der Waals surface area (Å²) >= 11 is 1.21. The first-order chi connectivity index (χ1) is 12.5. The Morgan fingerprint density at radius 3 is 2.81 bits per heavy atom. The van der Waals surface area contributed by atoms with Crippen LogP contribution in [0.25, 0.3) is 12.2 Å². The third-order valence-corrected chi connectivity index (χ3v) is 4.28. The van der Waals surface area contributed by atoms with Crippen LogP contribution in [0.3, 0.4) is 0 Å². The number of halogens is 1. The third-order valence-electron chi connectivity index (χ3n) is 3.32. The predicted octanol–water partition coefficient (Wildman–Crippen LogP) is 3.53. The van der Waals surface area contributed by atoms with Crippen LogP contribution < -0.4 is 5.32 Å². The number of thioether (sulfide) groups is 1. The minimum Gasteiger partial charge on any atom is -0.360 e. The van der Waals surface area contributed by atoms with Crippen molar-refractivity contribution in [2.24, 2.45) is 0 Å². The fourth-order valence-electron chi connectivity index (χ4n) is 2.00. The van der Waals surface area contributed by atoms with Crippen molar-refractivity contribution in [1.82, 2.24) is 20.3 Å². The van der Waals surface area contributed by atoms with Gasteiger partial charge in [-0.1, -0.05) is 35.1 Å². The molecule has 0 aliphatic rings. The van der Waals surface area contributed by atoms with Crippen molar-refractivity contribution >= 4 is 35.6 Å². The largest absolute Gasteiger partial charge is 0.360 e. The number of hydrogen-bond acceptors (Lipinski definition) is 6. The Hall–Kier alpha value is -2.94. The van der Waals surface area contributed by atoms with Gasteiger partial charge in [-0.2, -0.15) is 0 Å². The molecule has 7 nitrogen and oxygen atoms in total. The van der Waals surface area contributed by atoms with E-state index in [9.17, 15) is 9.18 Å². The Morgan fingerprint density at radius 1 is 1.35 bits per heavy atom. The van der Waals surface area contributed by atoms with Crippen LogP contribution in [0.15, 0.2) is 40.0 Å². The molecular weight excluding hydrogens is 357 g/mol. The number of carbonyl (C=O) groups is 1. The molecule has 26 heavy (non-hydrogen) atoms. The van der Waals surface area contributed by atoms with Gasteiger partial charge in [0, 0.05) is 6.07 Å². The molecular formula is C17H16FN5O2S. The van der Waals surface area contributed by atoms with Gasteiger partial charge in [0.25, 0.3) is 0 Å². The molecule has 0 spiro atoms. The summed E-state index contributed by atoms with van der Waals surface area (Å²) in [6.07, 6.45) is 3.52. The van der Waals surface area contributed by atoms with Gasteiger partial charge >= 0.3 is 0 Å². The number of benzene rings is 1. The van der Waals surface area contributed by atoms with Crippen LogP contribution >= 0.6 is 11.8 Å². The highest BCUT2D eigenvalue weighted by Crippen LogP contribution is 2.21. The van der Waals surface area contributed by atoms with Crippen LogP contribution in [0.1, 0.15) is 24.1 Å². The molecule has 3 rings (SSSR count). The number of carbonyl (C=O) groups excluding carboxylic acids is 1. The molecule has 0 saturated carbocycles. The van der Waals surface area contributed by atoms with Crippen molar-refractivity contribution in [2.45, 2.75) is 24.3 Å². The van der Waals surface area contributed by atoms with E-state index in [0.717, 1.165) is 5.56 Å². The van der Waals surface area contributed by atoms with Gasteiger partial charge in [0.05, 0.1) is 5.25 Å². The monoisotopic (exact) mass is 373 g/mol. The fraction of sp³-hybridized carbons (Fsp3) is 0.176. The Balaban J connectivity index is 1.57. The molecule has 1 aromatic carbocycles. The Bertz CT molecular complexity index is 919. The summed E-state index contributed by atoms with van der Waals surface area (Å²) in [5.74, 6) is 1.02. The molecule has 2 aromatic heterocycles. The predicted molar refractivity (Wildman–Crippen MR) is 96.9 cm³/mol. The quantitative estimate of drug-likeness (QED) is 0.642. The van der Waals surface area contributed by atoms with Crippen molar-refractivity contribution in [3.05, 3.63) is 53.3 Å². The molecule has 9 heteroatoms. The number of aromatic nitrogens is 4. The maximum atomic E-state index is 12.9. The van der Waals surface area contributed by atoms with Crippen molar-refractivity contribution in [3.8, 4) is 0 Å². The minimum atomic E-state index is -0.420. The second-order valence-corrected chi connectivity index (χ2v) is 6.77. The van der Waals surface area contributed by atoms with Gasteiger partial charge in [0.2, 0.25) is 11.1 Å². The number of anilines is 1. The number of aromatic amines is 1. The molecule has 0 bridgehead atoms. The zero-order valence-electron chi connectivity index (χ0n) is 14.1. The number of aryl methyl sites for hydroxylation is 1. The normalized spacial score (nSPS) is 12.4. The zero-order chi connectivity index (χ0) is 18.5. The van der Waals surface area contributed by atoms with Crippen molar-refractivity contribution in [1.29, 1.82) is 0 Å². The van der Waals surface area contributed by atoms with E-state index in [-0.39, 0.29) is 11.7 Å². The van der Waals surface area contributed by atoms with E-state index >= 15 is 0 Å². The average molecular weight is 373 g/mol. The molecule has 2 heterocycles. The lowest BCUT2D eigenvalue weighted by molar-refractivity contribution is -0.115. The third kappa shape index (κ3) is 4.79. The Kier molecular flexibility index (Phi) is 5.47. The van der Waals surface area contributed by atoms with E-state index in [0.29, 0.717) is 22.6 Å². The lowest BCUT2D eigenvalue weighted by Gasteiger charge is -2.07. The van der Waals surface area contributed by atoms with Crippen LogP contribution in [0.2, 0.25) is 0 Å². The van der Waals surface area contributed by atoms with Crippen molar-refractivity contribution < 1.29 is 13.7 Å². The highest BCUT2D eigenvalue weighted by atomic mass is 32.2. The van der Waals surface area contributed by atoms with Crippen LogP contribution in [-0.2, 0) is 4.79 Å². The molecule has 0 aliphatic carbocycles. The number of nitrogens with zero attached hydrogens (tertiary/aromatic N) is 3. The summed E-state index contributed by atoms with van der Waals surface area (Å²) in [4.78, 5) is 16.4. The molecule has 0 fully saturated rings. The Morgan fingerprint density at radius 2 is 2.12 bits per heavy atom. The van der Waals surface area contributed by atoms with Crippen LogP contribution in [0.4, 0.5) is 10.2 Å². The Labute approximate surface area is 153 Å². The lowest BCUT2D eigenvalue weighted by Crippen LogP contribution is -2.22. The van der Waals surface area contributed by atoms with Crippen LogP contribution in [-0.4, -0.2) is 31.5 Å². The highest BCUT2D eigenvalue weighted by molar-refractivity contribution is 8.00. The number of rotatable bonds is 6. The van der Waals surface area contributed by atoms with Gasteiger partial charge in [0.15, 0.2) is 5.82 Å². The van der Waals surface area contributed by atoms with Gasteiger partial charge in [-0.3, -0.25) is 9.89 Å². The van der Waals surface area contributed by atoms with E-state index in [2.05, 4.69) is 25.7 Å². The van der Waals surface area contributed by atoms with Gasteiger partial charge < -0.3 is 9.84 Å². The maximum Gasteiger partial charge on any atom is 0.238 e. The second-order valence-electron chi connectivity index (χ2n) is 5.46. The minimum absolute atomic E-state index is 0.225. The smallest absolute Gasteiger partial charge is 0.238 e. The van der Waals surface area contributed by atoms with Gasteiger partial charge in [0.1, 0.15) is 17.4 Å². The summed E-state index contributed by atoms with van der Waals surface area (Å²) in [5.41, 5.74) is 0.840. The number of hydrogen-bond donors (Lipinski definition) is 2. The summed E-state index contributed by atoms with van der Waals surface area (Å²) < 4.78 is 17.8.